The Kier molecular flexibility index (Phi) is 6.50. The number of pyridine rings is 1. The molecule has 0 unspecified atom stereocenters. The molecule has 0 bridgehead atoms. The van der Waals surface area contributed by atoms with Gasteiger partial charge in [0.2, 0.25) is 10.0 Å². The molecular weight excluding hydrogens is 428 g/mol. The van der Waals surface area contributed by atoms with Crippen molar-refractivity contribution in [2.24, 2.45) is 0 Å². The molecule has 8 nitrogen and oxygen atoms in total. The first-order valence-electron chi connectivity index (χ1n) is 10.2. The molecule has 166 valence electrons. The first-order valence-corrected chi connectivity index (χ1v) is 11.6. The van der Waals surface area contributed by atoms with Crippen LogP contribution >= 0.6 is 0 Å². The first-order chi connectivity index (χ1) is 15.4. The van der Waals surface area contributed by atoms with E-state index in [4.69, 9.17) is 4.74 Å². The molecule has 2 heterocycles. The number of nitrogens with one attached hydrogen (secondary N) is 1. The van der Waals surface area contributed by atoms with Crippen LogP contribution in [0, 0.1) is 0 Å². The Morgan fingerprint density at radius 1 is 0.938 bits per heavy atom. The number of sulfonamides is 1. The van der Waals surface area contributed by atoms with Gasteiger partial charge in [0.25, 0.3) is 5.91 Å². The summed E-state index contributed by atoms with van der Waals surface area (Å²) in [4.78, 5) is 18.9. The number of likely N-dealkylation sites (N-methyl/N-ethyl adjacent to an activating group) is 1. The van der Waals surface area contributed by atoms with Crippen molar-refractivity contribution in [2.75, 3.05) is 38.5 Å². The number of anilines is 1. The van der Waals surface area contributed by atoms with E-state index in [0.29, 0.717) is 48.9 Å². The lowest BCUT2D eigenvalue weighted by Crippen LogP contribution is -2.46. The molecule has 1 aromatic heterocycles. The molecular formula is C23H24N4O4S. The van der Waals surface area contributed by atoms with E-state index in [0.717, 1.165) is 0 Å². The van der Waals surface area contributed by atoms with Crippen LogP contribution in [-0.2, 0) is 10.0 Å². The van der Waals surface area contributed by atoms with Crippen LogP contribution in [0.3, 0.4) is 0 Å². The third-order valence-electron chi connectivity index (χ3n) is 5.20. The van der Waals surface area contributed by atoms with Gasteiger partial charge in [-0.25, -0.2) is 8.42 Å². The number of hydrogen-bond donors (Lipinski definition) is 1. The number of hydrogen-bond acceptors (Lipinski definition) is 6. The summed E-state index contributed by atoms with van der Waals surface area (Å²) in [5.74, 6) is 0.900. The fraction of sp³-hybridized carbons (Fsp3) is 0.217. The van der Waals surface area contributed by atoms with Crippen molar-refractivity contribution < 1.29 is 17.9 Å². The van der Waals surface area contributed by atoms with Crippen LogP contribution in [0.2, 0.25) is 0 Å². The molecule has 1 saturated heterocycles. The van der Waals surface area contributed by atoms with Crippen molar-refractivity contribution in [2.45, 2.75) is 4.90 Å². The maximum Gasteiger partial charge on any atom is 0.255 e. The van der Waals surface area contributed by atoms with Gasteiger partial charge >= 0.3 is 0 Å². The number of benzene rings is 2. The van der Waals surface area contributed by atoms with E-state index in [2.05, 4.69) is 15.2 Å². The summed E-state index contributed by atoms with van der Waals surface area (Å²) < 4.78 is 32.8. The van der Waals surface area contributed by atoms with Crippen molar-refractivity contribution in [3.8, 4) is 11.5 Å². The fourth-order valence-corrected chi connectivity index (χ4v) is 4.73. The van der Waals surface area contributed by atoms with E-state index in [1.54, 1.807) is 60.9 Å². The van der Waals surface area contributed by atoms with Gasteiger partial charge in [-0.15, -0.1) is 0 Å². The number of amides is 1. The molecule has 2 aromatic carbocycles. The minimum Gasteiger partial charge on any atom is -0.456 e. The molecule has 0 spiro atoms. The Balaban J connectivity index is 1.38. The van der Waals surface area contributed by atoms with E-state index in [1.807, 2.05) is 7.05 Å². The lowest BCUT2D eigenvalue weighted by Gasteiger charge is -2.31. The molecule has 4 rings (SSSR count). The summed E-state index contributed by atoms with van der Waals surface area (Å²) in [5.41, 5.74) is 0.973. The average Bonchev–Trinajstić information content (AvgIpc) is 2.81. The minimum atomic E-state index is -3.54. The Labute approximate surface area is 187 Å². The monoisotopic (exact) mass is 452 g/mol. The molecule has 0 saturated carbocycles. The fourth-order valence-electron chi connectivity index (χ4n) is 3.31. The average molecular weight is 453 g/mol. The van der Waals surface area contributed by atoms with E-state index in [1.165, 1.54) is 16.4 Å². The van der Waals surface area contributed by atoms with Crippen molar-refractivity contribution >= 4 is 21.6 Å². The number of aromatic nitrogens is 1. The van der Waals surface area contributed by atoms with E-state index in [9.17, 15) is 13.2 Å². The zero-order valence-electron chi connectivity index (χ0n) is 17.6. The first kappa shape index (κ1) is 21.9. The van der Waals surface area contributed by atoms with Gasteiger partial charge in [0.1, 0.15) is 11.5 Å². The topological polar surface area (TPSA) is 91.8 Å². The van der Waals surface area contributed by atoms with Gasteiger partial charge in [-0.1, -0.05) is 0 Å². The SMILES string of the molecule is CN1CCN(S(=O)(=O)c2ccc(NC(=O)c3ccc(Oc4cccnc4)cc3)cc2)CC1. The maximum absolute atomic E-state index is 12.8. The van der Waals surface area contributed by atoms with Crippen LogP contribution in [-0.4, -0.2) is 61.7 Å². The maximum atomic E-state index is 12.8. The number of ether oxygens (including phenoxy) is 1. The number of carbonyl (C=O) groups is 1. The molecule has 9 heteroatoms. The normalized spacial score (nSPS) is 15.3. The van der Waals surface area contributed by atoms with Crippen LogP contribution in [0.25, 0.3) is 0 Å². The molecule has 1 amide bonds. The number of piperazine rings is 1. The number of nitrogens with zero attached hydrogens (tertiary/aromatic N) is 3. The van der Waals surface area contributed by atoms with Crippen LogP contribution < -0.4 is 10.1 Å². The van der Waals surface area contributed by atoms with Crippen LogP contribution in [0.1, 0.15) is 10.4 Å². The van der Waals surface area contributed by atoms with Crippen LogP contribution in [0.15, 0.2) is 78.0 Å². The van der Waals surface area contributed by atoms with Crippen molar-refractivity contribution in [3.05, 3.63) is 78.6 Å². The summed E-state index contributed by atoms with van der Waals surface area (Å²) >= 11 is 0. The highest BCUT2D eigenvalue weighted by Gasteiger charge is 2.27. The Hall–Kier alpha value is -3.27. The van der Waals surface area contributed by atoms with Crippen LogP contribution in [0.5, 0.6) is 11.5 Å². The highest BCUT2D eigenvalue weighted by atomic mass is 32.2. The summed E-state index contributed by atoms with van der Waals surface area (Å²) in [5, 5.41) is 2.79. The zero-order chi connectivity index (χ0) is 22.6. The minimum absolute atomic E-state index is 0.219. The quantitative estimate of drug-likeness (QED) is 0.618. The predicted octanol–water partition coefficient (Wildman–Crippen LogP) is 3.06. The summed E-state index contributed by atoms with van der Waals surface area (Å²) in [6, 6.07) is 16.5. The van der Waals surface area contributed by atoms with Gasteiger partial charge in [-0.2, -0.15) is 4.31 Å². The molecule has 1 aliphatic rings. The third-order valence-corrected chi connectivity index (χ3v) is 7.11. The number of rotatable bonds is 6. The lowest BCUT2D eigenvalue weighted by atomic mass is 10.2. The second kappa shape index (κ2) is 9.47. The highest BCUT2D eigenvalue weighted by Crippen LogP contribution is 2.22. The second-order valence-corrected chi connectivity index (χ2v) is 9.44. The summed E-state index contributed by atoms with van der Waals surface area (Å²) in [6.45, 7) is 2.36. The molecule has 0 aliphatic carbocycles. The van der Waals surface area contributed by atoms with E-state index >= 15 is 0 Å². The van der Waals surface area contributed by atoms with E-state index in [-0.39, 0.29) is 10.8 Å². The standard InChI is InChI=1S/C23H24N4O4S/c1-26-13-15-27(16-14-26)32(29,30)22-10-6-19(7-11-22)25-23(28)18-4-8-20(9-5-18)31-21-3-2-12-24-17-21/h2-12,17H,13-16H2,1H3,(H,25,28). The van der Waals surface area contributed by atoms with Crippen molar-refractivity contribution in [1.29, 1.82) is 0 Å². The smallest absolute Gasteiger partial charge is 0.255 e. The van der Waals surface area contributed by atoms with Gasteiger partial charge in [0.05, 0.1) is 11.1 Å². The van der Waals surface area contributed by atoms with Gasteiger partial charge in [-0.05, 0) is 67.7 Å². The second-order valence-electron chi connectivity index (χ2n) is 7.50. The third kappa shape index (κ3) is 5.13. The van der Waals surface area contributed by atoms with Crippen molar-refractivity contribution in [3.63, 3.8) is 0 Å². The molecule has 3 aromatic rings. The molecule has 32 heavy (non-hydrogen) atoms. The Morgan fingerprint density at radius 3 is 2.25 bits per heavy atom. The van der Waals surface area contributed by atoms with Gasteiger partial charge in [-0.3, -0.25) is 9.78 Å². The Morgan fingerprint density at radius 2 is 1.62 bits per heavy atom. The van der Waals surface area contributed by atoms with E-state index < -0.39 is 10.0 Å². The molecule has 1 aliphatic heterocycles. The van der Waals surface area contributed by atoms with Crippen LogP contribution in [0.4, 0.5) is 5.69 Å². The highest BCUT2D eigenvalue weighted by molar-refractivity contribution is 7.89. The van der Waals surface area contributed by atoms with Gasteiger partial charge in [0.15, 0.2) is 0 Å². The Bertz CT molecular complexity index is 1160. The summed E-state index contributed by atoms with van der Waals surface area (Å²) in [7, 11) is -1.56. The lowest BCUT2D eigenvalue weighted by molar-refractivity contribution is 0.102. The molecule has 0 radical (unpaired) electrons. The summed E-state index contributed by atoms with van der Waals surface area (Å²) in [6.07, 6.45) is 3.27. The number of carbonyl (C=O) groups excluding carboxylic acids is 1. The van der Waals surface area contributed by atoms with Crippen molar-refractivity contribution in [1.82, 2.24) is 14.2 Å². The van der Waals surface area contributed by atoms with Gasteiger partial charge < -0.3 is 15.0 Å². The van der Waals surface area contributed by atoms with Gasteiger partial charge in [0, 0.05) is 43.6 Å². The molecule has 0 atom stereocenters. The molecule has 1 N–H and O–H groups in total. The predicted molar refractivity (Wildman–Crippen MR) is 121 cm³/mol. The molecule has 1 fully saturated rings. The largest absolute Gasteiger partial charge is 0.456 e. The zero-order valence-corrected chi connectivity index (χ0v) is 18.5.